The second-order valence-corrected chi connectivity index (χ2v) is 5.01. The van der Waals surface area contributed by atoms with E-state index >= 15 is 0 Å². The summed E-state index contributed by atoms with van der Waals surface area (Å²) >= 11 is 0. The van der Waals surface area contributed by atoms with Gasteiger partial charge >= 0.3 is 0 Å². The molecule has 1 aliphatic rings. The predicted octanol–water partition coefficient (Wildman–Crippen LogP) is 1.59. The molecule has 0 unspecified atom stereocenters. The number of carbonyl (C=O) groups is 2. The van der Waals surface area contributed by atoms with Gasteiger partial charge in [-0.15, -0.1) is 0 Å². The van der Waals surface area contributed by atoms with Gasteiger partial charge in [-0.1, -0.05) is 12.1 Å². The highest BCUT2D eigenvalue weighted by molar-refractivity contribution is 6.43. The van der Waals surface area contributed by atoms with Crippen LogP contribution >= 0.6 is 0 Å². The quantitative estimate of drug-likeness (QED) is 0.802. The summed E-state index contributed by atoms with van der Waals surface area (Å²) in [6, 6.07) is 7.44. The van der Waals surface area contributed by atoms with Crippen LogP contribution in [0, 0.1) is 6.92 Å². The average molecular weight is 297 g/mol. The number of aromatic nitrogens is 2. The Labute approximate surface area is 126 Å². The molecule has 3 N–H and O–H groups in total. The van der Waals surface area contributed by atoms with E-state index in [1.165, 1.54) is 0 Å². The van der Waals surface area contributed by atoms with E-state index in [1.807, 2.05) is 25.1 Å². The lowest BCUT2D eigenvalue weighted by Crippen LogP contribution is -2.32. The topological polar surface area (TPSA) is 99.2 Å². The van der Waals surface area contributed by atoms with E-state index in [2.05, 4.69) is 25.8 Å². The van der Waals surface area contributed by atoms with Crippen LogP contribution in [0.3, 0.4) is 0 Å². The normalized spacial score (nSPS) is 14.2. The second kappa shape index (κ2) is 5.80. The smallest absolute Gasteiger partial charge is 0.271 e. The lowest BCUT2D eigenvalue weighted by molar-refractivity contribution is -0.121. The highest BCUT2D eigenvalue weighted by Crippen LogP contribution is 2.21. The summed E-state index contributed by atoms with van der Waals surface area (Å²) in [5.74, 6) is 0.350. The van der Waals surface area contributed by atoms with Crippen LogP contribution < -0.4 is 10.7 Å². The number of hydrogen-bond acceptors (Lipinski definition) is 4. The van der Waals surface area contributed by atoms with Gasteiger partial charge in [0.05, 0.1) is 11.9 Å². The van der Waals surface area contributed by atoms with Gasteiger partial charge in [0.25, 0.3) is 5.91 Å². The molecule has 0 spiro atoms. The molecule has 2 heterocycles. The van der Waals surface area contributed by atoms with Crippen molar-refractivity contribution in [2.24, 2.45) is 5.10 Å². The molecule has 7 heteroatoms. The number of amides is 2. The summed E-state index contributed by atoms with van der Waals surface area (Å²) in [5.41, 5.74) is 5.11. The first-order chi connectivity index (χ1) is 10.6. The third-order valence-corrected chi connectivity index (χ3v) is 3.30. The van der Waals surface area contributed by atoms with E-state index in [1.54, 1.807) is 12.3 Å². The Hall–Kier alpha value is -2.96. The van der Waals surface area contributed by atoms with Gasteiger partial charge in [0.2, 0.25) is 5.91 Å². The molecule has 0 fully saturated rings. The van der Waals surface area contributed by atoms with Crippen molar-refractivity contribution in [2.45, 2.75) is 19.8 Å². The lowest BCUT2D eigenvalue weighted by atomic mass is 10.1. The van der Waals surface area contributed by atoms with Gasteiger partial charge in [-0.25, -0.2) is 10.4 Å². The minimum absolute atomic E-state index is 0.173. The number of benzene rings is 1. The second-order valence-electron chi connectivity index (χ2n) is 5.01. The number of nitrogens with one attached hydrogen (secondary N) is 3. The number of rotatable bonds is 3. The fourth-order valence-electron chi connectivity index (χ4n) is 2.17. The minimum atomic E-state index is -0.307. The van der Waals surface area contributed by atoms with Crippen molar-refractivity contribution < 1.29 is 9.59 Å². The molecular weight excluding hydrogens is 282 g/mol. The van der Waals surface area contributed by atoms with Crippen LogP contribution in [0.5, 0.6) is 0 Å². The van der Waals surface area contributed by atoms with Crippen LogP contribution in [0.1, 0.15) is 18.7 Å². The number of hydrazone groups is 1. The number of aryl methyl sites for hydroxylation is 1. The Morgan fingerprint density at radius 2 is 2.18 bits per heavy atom. The summed E-state index contributed by atoms with van der Waals surface area (Å²) in [6.45, 7) is 1.88. The first-order valence-corrected chi connectivity index (χ1v) is 6.90. The Morgan fingerprint density at radius 1 is 1.32 bits per heavy atom. The predicted molar refractivity (Wildman–Crippen MR) is 82.2 cm³/mol. The van der Waals surface area contributed by atoms with E-state index in [-0.39, 0.29) is 18.2 Å². The van der Waals surface area contributed by atoms with Crippen LogP contribution in [0.2, 0.25) is 0 Å². The summed E-state index contributed by atoms with van der Waals surface area (Å²) in [7, 11) is 0. The highest BCUT2D eigenvalue weighted by atomic mass is 16.2. The van der Waals surface area contributed by atoms with E-state index in [0.717, 1.165) is 17.1 Å². The standard InChI is InChI=1S/C15H15N5O2/c1-9-16-8-13(17-9)10-3-2-4-11(7-10)18-15(22)12-5-6-14(21)20-19-12/h2-4,7-8H,5-6H2,1H3,(H,16,17)(H,18,22)(H,20,21). The molecule has 0 saturated carbocycles. The van der Waals surface area contributed by atoms with Gasteiger partial charge in [0.1, 0.15) is 11.5 Å². The van der Waals surface area contributed by atoms with Gasteiger partial charge in [-0.2, -0.15) is 5.10 Å². The molecule has 7 nitrogen and oxygen atoms in total. The number of imidazole rings is 1. The molecule has 3 rings (SSSR count). The summed E-state index contributed by atoms with van der Waals surface area (Å²) in [4.78, 5) is 30.5. The molecule has 2 aromatic rings. The fourth-order valence-corrected chi connectivity index (χ4v) is 2.17. The van der Waals surface area contributed by atoms with E-state index in [4.69, 9.17) is 0 Å². The molecule has 2 amide bonds. The Balaban J connectivity index is 1.76. The first-order valence-electron chi connectivity index (χ1n) is 6.90. The molecule has 22 heavy (non-hydrogen) atoms. The molecule has 112 valence electrons. The van der Waals surface area contributed by atoms with Crippen molar-refractivity contribution in [2.75, 3.05) is 5.32 Å². The molecule has 0 saturated heterocycles. The van der Waals surface area contributed by atoms with Gasteiger partial charge in [0, 0.05) is 24.1 Å². The molecule has 0 bridgehead atoms. The number of anilines is 1. The Bertz CT molecular complexity index is 763. The fraction of sp³-hybridized carbons (Fsp3) is 0.200. The zero-order valence-corrected chi connectivity index (χ0v) is 12.0. The van der Waals surface area contributed by atoms with Crippen LogP contribution in [-0.2, 0) is 9.59 Å². The molecule has 0 aliphatic carbocycles. The molecule has 1 aromatic heterocycles. The maximum atomic E-state index is 12.1. The molecule has 1 aromatic carbocycles. The van der Waals surface area contributed by atoms with Crippen molar-refractivity contribution in [3.8, 4) is 11.3 Å². The molecule has 0 atom stereocenters. The van der Waals surface area contributed by atoms with Crippen LogP contribution in [-0.4, -0.2) is 27.5 Å². The van der Waals surface area contributed by atoms with Gasteiger partial charge in [-0.3, -0.25) is 9.59 Å². The summed E-state index contributed by atoms with van der Waals surface area (Å²) in [5, 5.41) is 6.57. The van der Waals surface area contributed by atoms with E-state index in [9.17, 15) is 9.59 Å². The van der Waals surface area contributed by atoms with E-state index < -0.39 is 0 Å². The van der Waals surface area contributed by atoms with Crippen molar-refractivity contribution >= 4 is 23.2 Å². The van der Waals surface area contributed by atoms with Crippen molar-refractivity contribution in [1.82, 2.24) is 15.4 Å². The first kappa shape index (κ1) is 14.0. The number of carbonyl (C=O) groups excluding carboxylic acids is 2. The van der Waals surface area contributed by atoms with Gasteiger partial charge in [0.15, 0.2) is 0 Å². The van der Waals surface area contributed by atoms with Crippen molar-refractivity contribution in [1.29, 1.82) is 0 Å². The Kier molecular flexibility index (Phi) is 3.69. The van der Waals surface area contributed by atoms with Crippen molar-refractivity contribution in [3.63, 3.8) is 0 Å². The monoisotopic (exact) mass is 297 g/mol. The van der Waals surface area contributed by atoms with Crippen molar-refractivity contribution in [3.05, 3.63) is 36.3 Å². The van der Waals surface area contributed by atoms with Crippen LogP contribution in [0.15, 0.2) is 35.6 Å². The Morgan fingerprint density at radius 3 is 2.86 bits per heavy atom. The summed E-state index contributed by atoms with van der Waals surface area (Å²) < 4.78 is 0. The van der Waals surface area contributed by atoms with Crippen LogP contribution in [0.4, 0.5) is 5.69 Å². The third kappa shape index (κ3) is 3.03. The molecule has 0 radical (unpaired) electrons. The minimum Gasteiger partial charge on any atom is -0.342 e. The summed E-state index contributed by atoms with van der Waals surface area (Å²) in [6.07, 6.45) is 2.37. The van der Waals surface area contributed by atoms with Crippen LogP contribution in [0.25, 0.3) is 11.3 Å². The molecular formula is C15H15N5O2. The maximum Gasteiger partial charge on any atom is 0.271 e. The average Bonchev–Trinajstić information content (AvgIpc) is 2.95. The largest absolute Gasteiger partial charge is 0.342 e. The zero-order valence-electron chi connectivity index (χ0n) is 12.0. The molecule has 1 aliphatic heterocycles. The zero-order chi connectivity index (χ0) is 15.5. The highest BCUT2D eigenvalue weighted by Gasteiger charge is 2.18. The third-order valence-electron chi connectivity index (χ3n) is 3.30. The lowest BCUT2D eigenvalue weighted by Gasteiger charge is -2.12. The van der Waals surface area contributed by atoms with E-state index in [0.29, 0.717) is 17.8 Å². The SMILES string of the molecule is Cc1ncc(-c2cccc(NC(=O)C3=NNC(=O)CC3)c2)[nH]1. The maximum absolute atomic E-state index is 12.1. The van der Waals surface area contributed by atoms with Gasteiger partial charge in [-0.05, 0) is 19.1 Å². The van der Waals surface area contributed by atoms with Gasteiger partial charge < -0.3 is 10.3 Å². The number of H-pyrrole nitrogens is 1. The number of aromatic amines is 1. The number of nitrogens with zero attached hydrogens (tertiary/aromatic N) is 2. The number of hydrogen-bond donors (Lipinski definition) is 3.